The Balaban J connectivity index is 1.57. The minimum absolute atomic E-state index is 0.275. The number of aromatic nitrogens is 2. The van der Waals surface area contributed by atoms with Crippen molar-refractivity contribution in [2.45, 2.75) is 57.9 Å². The number of likely N-dealkylation sites (N-methyl/N-ethyl adjacent to an activating group) is 1. The van der Waals surface area contributed by atoms with Crippen LogP contribution in [0.3, 0.4) is 0 Å². The summed E-state index contributed by atoms with van der Waals surface area (Å²) in [4.78, 5) is 17.4. The minimum Gasteiger partial charge on any atom is -0.306 e. The molecule has 1 saturated heterocycles. The van der Waals surface area contributed by atoms with E-state index in [-0.39, 0.29) is 6.04 Å². The highest BCUT2D eigenvalue weighted by Gasteiger charge is 2.35. The number of carbonyl (C=O) groups is 1. The number of fused-ring (bicyclic) bond motifs is 1. The van der Waals surface area contributed by atoms with E-state index in [1.165, 1.54) is 20.9 Å². The molecule has 3 heterocycles. The molecule has 11 heteroatoms. The van der Waals surface area contributed by atoms with E-state index in [4.69, 9.17) is 0 Å². The molecule has 1 aliphatic heterocycles. The summed E-state index contributed by atoms with van der Waals surface area (Å²) in [5.74, 6) is 0. The van der Waals surface area contributed by atoms with E-state index in [0.717, 1.165) is 62.1 Å². The highest BCUT2D eigenvalue weighted by atomic mass is 32.2. The molecule has 0 radical (unpaired) electrons. The molecule has 2 N–H and O–H groups in total. The van der Waals surface area contributed by atoms with Gasteiger partial charge in [-0.05, 0) is 64.1 Å². The monoisotopic (exact) mass is 480 g/mol. The second kappa shape index (κ2) is 9.40. The van der Waals surface area contributed by atoms with Crippen molar-refractivity contribution in [3.8, 4) is 0 Å². The average Bonchev–Trinajstić information content (AvgIpc) is 3.31. The van der Waals surface area contributed by atoms with Gasteiger partial charge in [-0.3, -0.25) is 4.68 Å². The molecular formula is C21H32N6O3S2. The fourth-order valence-electron chi connectivity index (χ4n) is 4.72. The highest BCUT2D eigenvalue weighted by molar-refractivity contribution is 7.91. The Hall–Kier alpha value is -2.11. The summed E-state index contributed by atoms with van der Waals surface area (Å²) in [5.41, 5.74) is 2.42. The van der Waals surface area contributed by atoms with Crippen molar-refractivity contribution in [2.24, 2.45) is 7.05 Å². The number of rotatable bonds is 6. The van der Waals surface area contributed by atoms with Gasteiger partial charge < -0.3 is 10.2 Å². The summed E-state index contributed by atoms with van der Waals surface area (Å²) in [7, 11) is -0.412. The van der Waals surface area contributed by atoms with Crippen LogP contribution in [-0.2, 0) is 36.5 Å². The Labute approximate surface area is 194 Å². The summed E-state index contributed by atoms with van der Waals surface area (Å²) < 4.78 is 32.0. The SMILES string of the molecule is CCc1sc2c(c1NC(=O)NS(=O)(=O)N(c1cnn(C)c1)C1CCCN(C)C1)CCCC2. The van der Waals surface area contributed by atoms with Crippen LogP contribution in [-0.4, -0.2) is 55.3 Å². The number of thiophene rings is 1. The van der Waals surface area contributed by atoms with Crippen molar-refractivity contribution in [2.75, 3.05) is 29.8 Å². The normalized spacial score (nSPS) is 19.4. The lowest BCUT2D eigenvalue weighted by molar-refractivity contribution is 0.251. The number of nitrogens with zero attached hydrogens (tertiary/aromatic N) is 4. The molecule has 4 rings (SSSR count). The summed E-state index contributed by atoms with van der Waals surface area (Å²) in [5, 5.41) is 7.02. The first-order valence-electron chi connectivity index (χ1n) is 11.2. The Morgan fingerprint density at radius 1 is 1.28 bits per heavy atom. The third-order valence-corrected chi connectivity index (χ3v) is 9.07. The number of hydrogen-bond donors (Lipinski definition) is 2. The number of likely N-dealkylation sites (tertiary alicyclic amines) is 1. The zero-order valence-corrected chi connectivity index (χ0v) is 20.6. The number of aryl methyl sites for hydroxylation is 3. The van der Waals surface area contributed by atoms with Gasteiger partial charge in [-0.15, -0.1) is 11.3 Å². The quantitative estimate of drug-likeness (QED) is 0.662. The van der Waals surface area contributed by atoms with Crippen LogP contribution < -0.4 is 14.3 Å². The van der Waals surface area contributed by atoms with Gasteiger partial charge in [-0.2, -0.15) is 13.5 Å². The minimum atomic E-state index is -4.13. The fraction of sp³-hybridized carbons (Fsp3) is 0.619. The molecule has 2 aromatic heterocycles. The third-order valence-electron chi connectivity index (χ3n) is 6.16. The van der Waals surface area contributed by atoms with Crippen LogP contribution in [0.2, 0.25) is 0 Å². The molecule has 1 fully saturated rings. The molecule has 0 spiro atoms. The molecule has 1 aliphatic carbocycles. The van der Waals surface area contributed by atoms with E-state index in [9.17, 15) is 13.2 Å². The van der Waals surface area contributed by atoms with E-state index in [1.807, 2.05) is 7.05 Å². The summed E-state index contributed by atoms with van der Waals surface area (Å²) in [6.45, 7) is 3.57. The molecule has 9 nitrogen and oxygen atoms in total. The zero-order valence-electron chi connectivity index (χ0n) is 18.9. The molecule has 176 valence electrons. The number of carbonyl (C=O) groups excluding carboxylic acids is 1. The number of amides is 2. The standard InChI is InChI=1S/C21H32N6O3S2/c1-4-18-20(17-9-5-6-10-19(17)31-18)23-21(28)24-32(29,30)27(16-12-22-26(3)14-16)15-8-7-11-25(2)13-15/h12,14-15H,4-11,13H2,1-3H3,(H2,23,24,28). The molecule has 0 bridgehead atoms. The van der Waals surface area contributed by atoms with Crippen LogP contribution in [0.25, 0.3) is 0 Å². The van der Waals surface area contributed by atoms with Gasteiger partial charge in [0.25, 0.3) is 0 Å². The second-order valence-electron chi connectivity index (χ2n) is 8.65. The predicted octanol–water partition coefficient (Wildman–Crippen LogP) is 2.89. The van der Waals surface area contributed by atoms with E-state index < -0.39 is 16.2 Å². The van der Waals surface area contributed by atoms with Gasteiger partial charge in [0.05, 0.1) is 23.6 Å². The van der Waals surface area contributed by atoms with Crippen LogP contribution in [0, 0.1) is 0 Å². The van der Waals surface area contributed by atoms with Crippen LogP contribution in [0.15, 0.2) is 12.4 Å². The Kier molecular flexibility index (Phi) is 6.78. The number of anilines is 2. The molecule has 2 aliphatic rings. The van der Waals surface area contributed by atoms with Crippen molar-refractivity contribution < 1.29 is 13.2 Å². The zero-order chi connectivity index (χ0) is 22.9. The number of hydrogen-bond acceptors (Lipinski definition) is 6. The summed E-state index contributed by atoms with van der Waals surface area (Å²) in [6, 6.07) is -0.993. The van der Waals surface area contributed by atoms with Gasteiger partial charge in [0.1, 0.15) is 0 Å². The van der Waals surface area contributed by atoms with E-state index in [2.05, 4.69) is 27.0 Å². The van der Waals surface area contributed by atoms with Gasteiger partial charge in [0.15, 0.2) is 0 Å². The smallest absolute Gasteiger partial charge is 0.306 e. The summed E-state index contributed by atoms with van der Waals surface area (Å²) >= 11 is 1.73. The molecule has 1 unspecified atom stereocenters. The molecule has 32 heavy (non-hydrogen) atoms. The Morgan fingerprint density at radius 3 is 2.75 bits per heavy atom. The van der Waals surface area contributed by atoms with E-state index in [1.54, 1.807) is 29.3 Å². The van der Waals surface area contributed by atoms with Gasteiger partial charge in [0, 0.05) is 29.5 Å². The first-order valence-corrected chi connectivity index (χ1v) is 13.5. The van der Waals surface area contributed by atoms with Crippen LogP contribution >= 0.6 is 11.3 Å². The van der Waals surface area contributed by atoms with Crippen molar-refractivity contribution in [1.82, 2.24) is 19.4 Å². The maximum atomic E-state index is 13.4. The van der Waals surface area contributed by atoms with Gasteiger partial charge in [0.2, 0.25) is 0 Å². The van der Waals surface area contributed by atoms with Crippen molar-refractivity contribution >= 4 is 39.0 Å². The maximum Gasteiger partial charge on any atom is 0.334 e. The molecule has 2 amide bonds. The molecular weight excluding hydrogens is 448 g/mol. The van der Waals surface area contributed by atoms with Gasteiger partial charge in [-0.1, -0.05) is 6.92 Å². The largest absolute Gasteiger partial charge is 0.334 e. The van der Waals surface area contributed by atoms with Crippen molar-refractivity contribution in [3.05, 3.63) is 27.7 Å². The van der Waals surface area contributed by atoms with E-state index in [0.29, 0.717) is 12.2 Å². The first-order chi connectivity index (χ1) is 15.3. The Bertz CT molecular complexity index is 1080. The number of urea groups is 1. The molecule has 1 atom stereocenters. The molecule has 2 aromatic rings. The topological polar surface area (TPSA) is 99.6 Å². The van der Waals surface area contributed by atoms with Crippen LogP contribution in [0.1, 0.15) is 47.9 Å². The highest BCUT2D eigenvalue weighted by Crippen LogP contribution is 2.38. The lowest BCUT2D eigenvalue weighted by atomic mass is 9.97. The lowest BCUT2D eigenvalue weighted by Crippen LogP contribution is -2.54. The summed E-state index contributed by atoms with van der Waals surface area (Å²) in [6.07, 6.45) is 9.80. The molecule has 0 saturated carbocycles. The van der Waals surface area contributed by atoms with Gasteiger partial charge in [-0.25, -0.2) is 13.8 Å². The lowest BCUT2D eigenvalue weighted by Gasteiger charge is -2.37. The average molecular weight is 481 g/mol. The van der Waals surface area contributed by atoms with Gasteiger partial charge >= 0.3 is 16.2 Å². The van der Waals surface area contributed by atoms with Crippen LogP contribution in [0.5, 0.6) is 0 Å². The number of piperidine rings is 1. The third kappa shape index (κ3) is 4.79. The fourth-order valence-corrected chi connectivity index (χ4v) is 7.33. The maximum absolute atomic E-state index is 13.4. The van der Waals surface area contributed by atoms with Crippen molar-refractivity contribution in [3.63, 3.8) is 0 Å². The van der Waals surface area contributed by atoms with Crippen LogP contribution in [0.4, 0.5) is 16.2 Å². The first kappa shape index (κ1) is 23.1. The second-order valence-corrected chi connectivity index (χ2v) is 11.4. The molecule has 0 aromatic carbocycles. The predicted molar refractivity (Wildman–Crippen MR) is 128 cm³/mol. The number of nitrogens with one attached hydrogen (secondary N) is 2. The van der Waals surface area contributed by atoms with Crippen molar-refractivity contribution in [1.29, 1.82) is 0 Å². The Morgan fingerprint density at radius 2 is 2.06 bits per heavy atom. The van der Waals surface area contributed by atoms with E-state index >= 15 is 0 Å².